The fraction of sp³-hybridized carbons (Fsp3) is 0.222. The third kappa shape index (κ3) is 2.63. The first-order valence-electron chi connectivity index (χ1n) is 8.14. The maximum Gasteiger partial charge on any atom is 0.256 e. The van der Waals surface area contributed by atoms with Gasteiger partial charge in [-0.2, -0.15) is 0 Å². The molecule has 126 valence electrons. The van der Waals surface area contributed by atoms with Crippen LogP contribution in [0, 0.1) is 0 Å². The number of hydrogen-bond acceptors (Lipinski definition) is 4. The highest BCUT2D eigenvalue weighted by molar-refractivity contribution is 5.99. The van der Waals surface area contributed by atoms with Gasteiger partial charge in [0.15, 0.2) is 5.65 Å². The lowest BCUT2D eigenvalue weighted by atomic mass is 10.2. The highest BCUT2D eigenvalue weighted by Gasteiger charge is 2.33. The molecule has 1 atom stereocenters. The Morgan fingerprint density at radius 2 is 1.96 bits per heavy atom. The van der Waals surface area contributed by atoms with E-state index in [2.05, 4.69) is 9.97 Å². The molecule has 2 aromatic heterocycles. The quantitative estimate of drug-likeness (QED) is 0.785. The van der Waals surface area contributed by atoms with E-state index in [0.717, 1.165) is 12.1 Å². The van der Waals surface area contributed by atoms with E-state index in [9.17, 15) is 9.59 Å². The Balaban J connectivity index is 1.68. The molecule has 7 heteroatoms. The minimum Gasteiger partial charge on any atom is -0.368 e. The number of benzene rings is 1. The Morgan fingerprint density at radius 1 is 1.16 bits per heavy atom. The third-order valence-electron chi connectivity index (χ3n) is 4.51. The average Bonchev–Trinajstić information content (AvgIpc) is 3.28. The fourth-order valence-corrected chi connectivity index (χ4v) is 3.27. The molecule has 1 aliphatic heterocycles. The number of carbonyl (C=O) groups is 2. The Hall–Kier alpha value is -3.22. The van der Waals surface area contributed by atoms with Crippen molar-refractivity contribution in [3.05, 3.63) is 54.5 Å². The number of rotatable bonds is 3. The van der Waals surface area contributed by atoms with E-state index in [1.807, 2.05) is 34.9 Å². The summed E-state index contributed by atoms with van der Waals surface area (Å²) in [6, 6.07) is 10.9. The molecule has 7 nitrogen and oxygen atoms in total. The standard InChI is InChI=1S/C18H17N5O2/c19-16(24)15-7-4-8-22(15)18(25)12-9-14-17(20-10-12)23(11-21-14)13-5-2-1-3-6-13/h1-3,5-6,9-11,15H,4,7-8H2,(H2,19,24)/t15-/m1/s1. The first-order valence-corrected chi connectivity index (χ1v) is 8.14. The minimum atomic E-state index is -0.537. The van der Waals surface area contributed by atoms with Crippen molar-refractivity contribution in [2.24, 2.45) is 5.73 Å². The van der Waals surface area contributed by atoms with Gasteiger partial charge in [-0.15, -0.1) is 0 Å². The summed E-state index contributed by atoms with van der Waals surface area (Å²) in [5, 5.41) is 0. The number of aromatic nitrogens is 3. The van der Waals surface area contributed by atoms with Crippen molar-refractivity contribution in [3.8, 4) is 5.69 Å². The van der Waals surface area contributed by atoms with Gasteiger partial charge in [-0.25, -0.2) is 9.97 Å². The second-order valence-electron chi connectivity index (χ2n) is 6.08. The summed E-state index contributed by atoms with van der Waals surface area (Å²) in [5.74, 6) is -0.696. The van der Waals surface area contributed by atoms with Gasteiger partial charge in [-0.05, 0) is 31.0 Å². The summed E-state index contributed by atoms with van der Waals surface area (Å²) < 4.78 is 1.87. The number of amides is 2. The van der Waals surface area contributed by atoms with Crippen molar-refractivity contribution >= 4 is 23.0 Å². The number of hydrogen-bond donors (Lipinski definition) is 1. The lowest BCUT2D eigenvalue weighted by Crippen LogP contribution is -2.43. The Morgan fingerprint density at radius 3 is 2.72 bits per heavy atom. The molecule has 0 spiro atoms. The van der Waals surface area contributed by atoms with Crippen LogP contribution < -0.4 is 5.73 Å². The number of para-hydroxylation sites is 1. The van der Waals surface area contributed by atoms with Crippen LogP contribution in [0.15, 0.2) is 48.9 Å². The minimum absolute atomic E-state index is 0.232. The van der Waals surface area contributed by atoms with Gasteiger partial charge in [0.05, 0.1) is 5.56 Å². The van der Waals surface area contributed by atoms with E-state index >= 15 is 0 Å². The van der Waals surface area contributed by atoms with Gasteiger partial charge in [0.1, 0.15) is 17.9 Å². The van der Waals surface area contributed by atoms with Crippen molar-refractivity contribution in [1.82, 2.24) is 19.4 Å². The number of likely N-dealkylation sites (tertiary alicyclic amines) is 1. The molecule has 0 bridgehead atoms. The van der Waals surface area contributed by atoms with E-state index in [1.54, 1.807) is 12.4 Å². The first kappa shape index (κ1) is 15.3. The summed E-state index contributed by atoms with van der Waals surface area (Å²) in [4.78, 5) is 34.5. The predicted octanol–water partition coefficient (Wildman–Crippen LogP) is 1.51. The van der Waals surface area contributed by atoms with E-state index in [4.69, 9.17) is 5.73 Å². The summed E-state index contributed by atoms with van der Waals surface area (Å²) in [6.45, 7) is 0.531. The first-order chi connectivity index (χ1) is 12.1. The highest BCUT2D eigenvalue weighted by Crippen LogP contribution is 2.22. The number of pyridine rings is 1. The molecule has 1 saturated heterocycles. The van der Waals surface area contributed by atoms with Crippen LogP contribution >= 0.6 is 0 Å². The smallest absolute Gasteiger partial charge is 0.256 e. The van der Waals surface area contributed by atoms with E-state index in [0.29, 0.717) is 29.7 Å². The molecule has 2 amide bonds. The number of primary amides is 1. The predicted molar refractivity (Wildman–Crippen MR) is 92.1 cm³/mol. The molecule has 4 rings (SSSR count). The van der Waals surface area contributed by atoms with Crippen LogP contribution in [0.4, 0.5) is 0 Å². The van der Waals surface area contributed by atoms with Crippen molar-refractivity contribution in [3.63, 3.8) is 0 Å². The lowest BCUT2D eigenvalue weighted by Gasteiger charge is -2.22. The van der Waals surface area contributed by atoms with Gasteiger partial charge in [0.25, 0.3) is 5.91 Å². The van der Waals surface area contributed by atoms with E-state index in [1.165, 1.54) is 11.1 Å². The number of carbonyl (C=O) groups excluding carboxylic acids is 2. The van der Waals surface area contributed by atoms with Gasteiger partial charge in [0.2, 0.25) is 5.91 Å². The van der Waals surface area contributed by atoms with Crippen LogP contribution in [-0.2, 0) is 4.79 Å². The topological polar surface area (TPSA) is 94.1 Å². The van der Waals surface area contributed by atoms with Crippen LogP contribution in [0.25, 0.3) is 16.9 Å². The number of nitrogens with zero attached hydrogens (tertiary/aromatic N) is 4. The molecule has 3 heterocycles. The van der Waals surface area contributed by atoms with Gasteiger partial charge in [-0.1, -0.05) is 18.2 Å². The molecular formula is C18H17N5O2. The van der Waals surface area contributed by atoms with Crippen LogP contribution in [0.3, 0.4) is 0 Å². The van der Waals surface area contributed by atoms with Gasteiger partial charge >= 0.3 is 0 Å². The summed E-state index contributed by atoms with van der Waals surface area (Å²) in [7, 11) is 0. The number of nitrogens with two attached hydrogens (primary N) is 1. The molecule has 3 aromatic rings. The number of fused-ring (bicyclic) bond motifs is 1. The molecule has 2 N–H and O–H groups in total. The Bertz CT molecular complexity index is 951. The Kier molecular flexibility index (Phi) is 3.68. The zero-order chi connectivity index (χ0) is 17.4. The molecule has 0 radical (unpaired) electrons. The van der Waals surface area contributed by atoms with Crippen LogP contribution in [0.1, 0.15) is 23.2 Å². The Labute approximate surface area is 144 Å². The molecule has 1 fully saturated rings. The lowest BCUT2D eigenvalue weighted by molar-refractivity contribution is -0.121. The maximum atomic E-state index is 12.7. The van der Waals surface area contributed by atoms with Crippen molar-refractivity contribution in [2.45, 2.75) is 18.9 Å². The van der Waals surface area contributed by atoms with Gasteiger partial charge in [0, 0.05) is 18.4 Å². The SMILES string of the molecule is NC(=O)[C@H]1CCCN1C(=O)c1cnc2c(c1)ncn2-c1ccccc1. The van der Waals surface area contributed by atoms with Crippen LogP contribution in [-0.4, -0.2) is 43.8 Å². The van der Waals surface area contributed by atoms with Crippen molar-refractivity contribution in [1.29, 1.82) is 0 Å². The monoisotopic (exact) mass is 335 g/mol. The second-order valence-corrected chi connectivity index (χ2v) is 6.08. The second kappa shape index (κ2) is 6.01. The summed E-state index contributed by atoms with van der Waals surface area (Å²) in [6.07, 6.45) is 4.60. The number of imidazole rings is 1. The molecule has 0 aliphatic carbocycles. The largest absolute Gasteiger partial charge is 0.368 e. The van der Waals surface area contributed by atoms with Crippen molar-refractivity contribution < 1.29 is 9.59 Å². The van der Waals surface area contributed by atoms with E-state index < -0.39 is 11.9 Å². The average molecular weight is 335 g/mol. The maximum absolute atomic E-state index is 12.7. The molecule has 25 heavy (non-hydrogen) atoms. The molecule has 1 aliphatic rings. The molecular weight excluding hydrogens is 318 g/mol. The van der Waals surface area contributed by atoms with E-state index in [-0.39, 0.29) is 5.91 Å². The zero-order valence-electron chi connectivity index (χ0n) is 13.5. The van der Waals surface area contributed by atoms with Crippen molar-refractivity contribution in [2.75, 3.05) is 6.54 Å². The van der Waals surface area contributed by atoms with Gasteiger partial charge in [-0.3, -0.25) is 14.2 Å². The fourth-order valence-electron chi connectivity index (χ4n) is 3.27. The van der Waals surface area contributed by atoms with Crippen LogP contribution in [0.5, 0.6) is 0 Å². The molecule has 0 saturated carbocycles. The molecule has 0 unspecified atom stereocenters. The van der Waals surface area contributed by atoms with Crippen LogP contribution in [0.2, 0.25) is 0 Å². The highest BCUT2D eigenvalue weighted by atomic mass is 16.2. The van der Waals surface area contributed by atoms with Gasteiger partial charge < -0.3 is 10.6 Å². The zero-order valence-corrected chi connectivity index (χ0v) is 13.5. The third-order valence-corrected chi connectivity index (χ3v) is 4.51. The summed E-state index contributed by atoms with van der Waals surface area (Å²) >= 11 is 0. The normalized spacial score (nSPS) is 17.1. The summed E-state index contributed by atoms with van der Waals surface area (Å²) in [5.41, 5.74) is 8.07. The molecule has 1 aromatic carbocycles.